The van der Waals surface area contributed by atoms with Crippen molar-refractivity contribution < 1.29 is 14.8 Å². The van der Waals surface area contributed by atoms with E-state index in [2.05, 4.69) is 5.32 Å². The molecular formula is C24H25N3O4. The number of rotatable bonds is 8. The van der Waals surface area contributed by atoms with E-state index in [0.717, 1.165) is 5.56 Å². The van der Waals surface area contributed by atoms with Crippen LogP contribution in [0.3, 0.4) is 0 Å². The summed E-state index contributed by atoms with van der Waals surface area (Å²) in [7, 11) is 0. The molecule has 3 aromatic rings. The van der Waals surface area contributed by atoms with Gasteiger partial charge >= 0.3 is 0 Å². The van der Waals surface area contributed by atoms with E-state index in [4.69, 9.17) is 0 Å². The van der Waals surface area contributed by atoms with Gasteiger partial charge < -0.3 is 10.4 Å². The molecule has 160 valence electrons. The fraction of sp³-hybridized carbons (Fsp3) is 0.208. The molecule has 1 amide bonds. The lowest BCUT2D eigenvalue weighted by atomic mass is 10.0. The van der Waals surface area contributed by atoms with Crippen LogP contribution in [-0.4, -0.2) is 27.4 Å². The molecule has 0 saturated heterocycles. The summed E-state index contributed by atoms with van der Waals surface area (Å²) in [6.45, 7) is 4.21. The number of aromatic hydroxyl groups is 1. The number of hydrogen-bond acceptors (Lipinski definition) is 5. The Morgan fingerprint density at radius 3 is 2.48 bits per heavy atom. The molecule has 0 fully saturated rings. The lowest BCUT2D eigenvalue weighted by molar-refractivity contribution is -0.384. The first-order valence-electron chi connectivity index (χ1n) is 9.95. The predicted molar refractivity (Wildman–Crippen MR) is 120 cm³/mol. The summed E-state index contributed by atoms with van der Waals surface area (Å²) >= 11 is 0. The SMILES string of the molecule is Cc1ccc(NC(=O)CN(Cc2ccccc2O)C(C)c2cccc([N+](=O)[O-])c2)cc1. The van der Waals surface area contributed by atoms with Gasteiger partial charge in [-0.25, -0.2) is 0 Å². The third kappa shape index (κ3) is 5.90. The number of carbonyl (C=O) groups is 1. The molecule has 7 nitrogen and oxygen atoms in total. The zero-order valence-corrected chi connectivity index (χ0v) is 17.5. The number of anilines is 1. The molecule has 0 radical (unpaired) electrons. The highest BCUT2D eigenvalue weighted by atomic mass is 16.6. The van der Waals surface area contributed by atoms with Crippen molar-refractivity contribution in [1.29, 1.82) is 0 Å². The van der Waals surface area contributed by atoms with Crippen molar-refractivity contribution in [3.8, 4) is 5.75 Å². The fourth-order valence-electron chi connectivity index (χ4n) is 3.32. The van der Waals surface area contributed by atoms with Crippen LogP contribution in [0.4, 0.5) is 11.4 Å². The van der Waals surface area contributed by atoms with Gasteiger partial charge in [-0.1, -0.05) is 48.0 Å². The van der Waals surface area contributed by atoms with Crippen LogP contribution in [0.5, 0.6) is 5.75 Å². The highest BCUT2D eigenvalue weighted by Gasteiger charge is 2.22. The maximum absolute atomic E-state index is 12.8. The lowest BCUT2D eigenvalue weighted by Crippen LogP contribution is -2.35. The third-order valence-corrected chi connectivity index (χ3v) is 5.16. The first kappa shape index (κ1) is 22.0. The third-order valence-electron chi connectivity index (χ3n) is 5.16. The van der Waals surface area contributed by atoms with Gasteiger partial charge in [0.1, 0.15) is 5.75 Å². The number of nitrogens with zero attached hydrogens (tertiary/aromatic N) is 2. The molecule has 7 heteroatoms. The molecule has 0 spiro atoms. The van der Waals surface area contributed by atoms with Gasteiger partial charge in [0.25, 0.3) is 5.69 Å². The summed E-state index contributed by atoms with van der Waals surface area (Å²) < 4.78 is 0. The number of non-ortho nitro benzene ring substituents is 1. The van der Waals surface area contributed by atoms with Gasteiger partial charge in [0, 0.05) is 36.0 Å². The van der Waals surface area contributed by atoms with E-state index in [0.29, 0.717) is 23.4 Å². The number of aryl methyl sites for hydroxylation is 1. The van der Waals surface area contributed by atoms with Crippen LogP contribution in [0, 0.1) is 17.0 Å². The highest BCUT2D eigenvalue weighted by molar-refractivity contribution is 5.92. The second kappa shape index (κ2) is 9.86. The Balaban J connectivity index is 1.84. The molecule has 0 aliphatic heterocycles. The standard InChI is InChI=1S/C24H25N3O4/c1-17-10-12-21(13-11-17)25-24(29)16-26(15-20-6-3-4-9-23(20)28)18(2)19-7-5-8-22(14-19)27(30)31/h3-14,18,28H,15-16H2,1-2H3,(H,25,29). The van der Waals surface area contributed by atoms with Gasteiger partial charge in [-0.3, -0.25) is 19.8 Å². The number of phenols is 1. The lowest BCUT2D eigenvalue weighted by Gasteiger charge is -2.29. The Labute approximate surface area is 181 Å². The molecule has 2 N–H and O–H groups in total. The Morgan fingerprint density at radius 1 is 1.10 bits per heavy atom. The highest BCUT2D eigenvalue weighted by Crippen LogP contribution is 2.27. The minimum Gasteiger partial charge on any atom is -0.508 e. The van der Waals surface area contributed by atoms with Crippen molar-refractivity contribution in [3.05, 3.63) is 99.6 Å². The summed E-state index contributed by atoms with van der Waals surface area (Å²) in [5, 5.41) is 24.3. The molecule has 0 heterocycles. The number of hydrogen-bond donors (Lipinski definition) is 2. The van der Waals surface area contributed by atoms with Crippen LogP contribution in [0.15, 0.2) is 72.8 Å². The predicted octanol–water partition coefficient (Wildman–Crippen LogP) is 4.81. The van der Waals surface area contributed by atoms with Gasteiger partial charge in [0.2, 0.25) is 5.91 Å². The molecule has 3 aromatic carbocycles. The molecule has 1 unspecified atom stereocenters. The van der Waals surface area contributed by atoms with Crippen LogP contribution in [-0.2, 0) is 11.3 Å². The van der Waals surface area contributed by atoms with Gasteiger partial charge in [-0.15, -0.1) is 0 Å². The van der Waals surface area contributed by atoms with Crippen molar-refractivity contribution in [2.24, 2.45) is 0 Å². The summed E-state index contributed by atoms with van der Waals surface area (Å²) in [5.74, 6) is -0.0748. The topological polar surface area (TPSA) is 95.7 Å². The van der Waals surface area contributed by atoms with Gasteiger partial charge in [-0.2, -0.15) is 0 Å². The van der Waals surface area contributed by atoms with Crippen LogP contribution < -0.4 is 5.32 Å². The number of amides is 1. The van der Waals surface area contributed by atoms with Crippen LogP contribution in [0.2, 0.25) is 0 Å². The minimum absolute atomic E-state index is 0.00374. The first-order valence-corrected chi connectivity index (χ1v) is 9.95. The number of carbonyl (C=O) groups excluding carboxylic acids is 1. The molecule has 0 bridgehead atoms. The van der Waals surface area contributed by atoms with Crippen molar-refractivity contribution in [1.82, 2.24) is 4.90 Å². The molecule has 0 aromatic heterocycles. The van der Waals surface area contributed by atoms with Gasteiger partial charge in [-0.05, 0) is 37.6 Å². The van der Waals surface area contributed by atoms with E-state index in [9.17, 15) is 20.0 Å². The molecule has 0 aliphatic rings. The van der Waals surface area contributed by atoms with E-state index in [1.54, 1.807) is 30.3 Å². The van der Waals surface area contributed by atoms with Crippen molar-refractivity contribution >= 4 is 17.3 Å². The van der Waals surface area contributed by atoms with Gasteiger partial charge in [0.15, 0.2) is 0 Å². The monoisotopic (exact) mass is 419 g/mol. The summed E-state index contributed by atoms with van der Waals surface area (Å²) in [6.07, 6.45) is 0. The zero-order valence-electron chi connectivity index (χ0n) is 17.5. The first-order chi connectivity index (χ1) is 14.8. The summed E-state index contributed by atoms with van der Waals surface area (Å²) in [4.78, 5) is 25.4. The zero-order chi connectivity index (χ0) is 22.4. The maximum atomic E-state index is 12.8. The van der Waals surface area contributed by atoms with Crippen molar-refractivity contribution in [2.45, 2.75) is 26.4 Å². The van der Waals surface area contributed by atoms with E-state index in [1.165, 1.54) is 12.1 Å². The van der Waals surface area contributed by atoms with Gasteiger partial charge in [0.05, 0.1) is 11.5 Å². The van der Waals surface area contributed by atoms with E-state index >= 15 is 0 Å². The Morgan fingerprint density at radius 2 is 1.81 bits per heavy atom. The maximum Gasteiger partial charge on any atom is 0.269 e. The second-order valence-corrected chi connectivity index (χ2v) is 7.48. The summed E-state index contributed by atoms with van der Waals surface area (Å²) in [5.41, 5.74) is 3.17. The average molecular weight is 419 g/mol. The average Bonchev–Trinajstić information content (AvgIpc) is 2.76. The summed E-state index contributed by atoms with van der Waals surface area (Å²) in [6, 6.07) is 20.5. The molecule has 1 atom stereocenters. The van der Waals surface area contributed by atoms with Crippen LogP contribution >= 0.6 is 0 Å². The minimum atomic E-state index is -0.437. The largest absolute Gasteiger partial charge is 0.508 e. The molecule has 0 saturated carbocycles. The van der Waals surface area contributed by atoms with Crippen LogP contribution in [0.1, 0.15) is 29.7 Å². The van der Waals surface area contributed by atoms with E-state index in [-0.39, 0.29) is 29.9 Å². The number of benzene rings is 3. The molecular weight excluding hydrogens is 394 g/mol. The number of nitro benzene ring substituents is 1. The van der Waals surface area contributed by atoms with Crippen molar-refractivity contribution in [2.75, 3.05) is 11.9 Å². The quantitative estimate of drug-likeness (QED) is 0.403. The second-order valence-electron chi connectivity index (χ2n) is 7.48. The smallest absolute Gasteiger partial charge is 0.269 e. The Hall–Kier alpha value is -3.71. The Kier molecular flexibility index (Phi) is 6.99. The molecule has 0 aliphatic carbocycles. The van der Waals surface area contributed by atoms with E-state index in [1.807, 2.05) is 49.1 Å². The number of phenolic OH excluding ortho intramolecular Hbond substituents is 1. The van der Waals surface area contributed by atoms with Crippen molar-refractivity contribution in [3.63, 3.8) is 0 Å². The number of nitrogens with one attached hydrogen (secondary N) is 1. The molecule has 31 heavy (non-hydrogen) atoms. The normalized spacial score (nSPS) is 11.8. The molecule has 3 rings (SSSR count). The number of para-hydroxylation sites is 1. The number of nitro groups is 1. The van der Waals surface area contributed by atoms with Crippen LogP contribution in [0.25, 0.3) is 0 Å². The Bertz CT molecular complexity index is 1070. The van der Waals surface area contributed by atoms with E-state index < -0.39 is 4.92 Å². The fourth-order valence-corrected chi connectivity index (χ4v) is 3.32.